The third-order valence-electron chi connectivity index (χ3n) is 3.56. The maximum absolute atomic E-state index is 12.9. The van der Waals surface area contributed by atoms with E-state index in [2.05, 4.69) is 4.90 Å². The molecular weight excluding hydrogens is 239 g/mol. The highest BCUT2D eigenvalue weighted by Gasteiger charge is 2.33. The van der Waals surface area contributed by atoms with Crippen LogP contribution < -0.4 is 0 Å². The van der Waals surface area contributed by atoms with Gasteiger partial charge < -0.3 is 0 Å². The van der Waals surface area contributed by atoms with Gasteiger partial charge in [-0.25, -0.2) is 0 Å². The van der Waals surface area contributed by atoms with Crippen LogP contribution in [0.3, 0.4) is 0 Å². The van der Waals surface area contributed by atoms with Crippen LogP contribution in [0.25, 0.3) is 0 Å². The largest absolute Gasteiger partial charge is 0.416 e. The number of benzene rings is 1. The van der Waals surface area contributed by atoms with Gasteiger partial charge in [-0.15, -0.1) is 0 Å². The Bertz CT molecular complexity index is 431. The first-order valence-corrected chi connectivity index (χ1v) is 6.27. The van der Waals surface area contributed by atoms with Gasteiger partial charge in [-0.1, -0.05) is 11.6 Å². The number of alkyl halides is 3. The van der Waals surface area contributed by atoms with Crippen LogP contribution in [-0.4, -0.2) is 18.0 Å². The van der Waals surface area contributed by atoms with Crippen molar-refractivity contribution < 1.29 is 13.2 Å². The summed E-state index contributed by atoms with van der Waals surface area (Å²) in [6.45, 7) is 5.93. The van der Waals surface area contributed by atoms with Crippen LogP contribution in [0.15, 0.2) is 12.1 Å². The van der Waals surface area contributed by atoms with Gasteiger partial charge in [0.2, 0.25) is 0 Å². The van der Waals surface area contributed by atoms with Crippen LogP contribution in [0.1, 0.15) is 35.1 Å². The van der Waals surface area contributed by atoms with Crippen molar-refractivity contribution in [1.29, 1.82) is 0 Å². The molecule has 1 fully saturated rings. The number of hydrogen-bond donors (Lipinski definition) is 0. The van der Waals surface area contributed by atoms with Crippen LogP contribution in [0.2, 0.25) is 0 Å². The van der Waals surface area contributed by atoms with Gasteiger partial charge in [-0.05, 0) is 57.0 Å². The summed E-state index contributed by atoms with van der Waals surface area (Å²) >= 11 is 0. The summed E-state index contributed by atoms with van der Waals surface area (Å²) in [6.07, 6.45) is -1.95. The number of halogens is 3. The maximum atomic E-state index is 12.9. The molecular formula is C14H18F3N. The molecule has 0 aliphatic carbocycles. The average Bonchev–Trinajstić information content (AvgIpc) is 2.74. The second kappa shape index (κ2) is 4.92. The molecule has 0 saturated carbocycles. The van der Waals surface area contributed by atoms with E-state index in [1.807, 2.05) is 6.07 Å². The average molecular weight is 257 g/mol. The minimum atomic E-state index is -4.25. The summed E-state index contributed by atoms with van der Waals surface area (Å²) < 4.78 is 38.7. The molecule has 0 radical (unpaired) electrons. The van der Waals surface area contributed by atoms with Crippen LogP contribution in [0.4, 0.5) is 13.2 Å². The van der Waals surface area contributed by atoms with E-state index in [0.29, 0.717) is 17.7 Å². The minimum Gasteiger partial charge on any atom is -0.299 e. The highest BCUT2D eigenvalue weighted by molar-refractivity contribution is 5.39. The zero-order valence-corrected chi connectivity index (χ0v) is 10.8. The zero-order chi connectivity index (χ0) is 13.3. The number of aryl methyl sites for hydroxylation is 1. The molecule has 1 saturated heterocycles. The van der Waals surface area contributed by atoms with Gasteiger partial charge in [0.15, 0.2) is 0 Å². The zero-order valence-electron chi connectivity index (χ0n) is 10.8. The lowest BCUT2D eigenvalue weighted by atomic mass is 9.98. The molecule has 0 bridgehead atoms. The maximum Gasteiger partial charge on any atom is 0.416 e. The minimum absolute atomic E-state index is 0.375. The highest BCUT2D eigenvalue weighted by Crippen LogP contribution is 2.34. The molecule has 100 valence electrons. The van der Waals surface area contributed by atoms with E-state index in [1.165, 1.54) is 6.07 Å². The molecule has 18 heavy (non-hydrogen) atoms. The molecule has 0 amide bonds. The van der Waals surface area contributed by atoms with E-state index in [-0.39, 0.29) is 0 Å². The second-order valence-corrected chi connectivity index (χ2v) is 5.08. The van der Waals surface area contributed by atoms with Crippen molar-refractivity contribution >= 4 is 0 Å². The lowest BCUT2D eigenvalue weighted by Gasteiger charge is -2.20. The van der Waals surface area contributed by atoms with Crippen LogP contribution >= 0.6 is 0 Å². The van der Waals surface area contributed by atoms with Gasteiger partial charge >= 0.3 is 6.18 Å². The lowest BCUT2D eigenvalue weighted by Crippen LogP contribution is -2.20. The van der Waals surface area contributed by atoms with Crippen molar-refractivity contribution in [3.63, 3.8) is 0 Å². The Balaban J connectivity index is 2.32. The predicted molar refractivity (Wildman–Crippen MR) is 65.4 cm³/mol. The first kappa shape index (κ1) is 13.4. The molecule has 1 aliphatic heterocycles. The number of hydrogen-bond acceptors (Lipinski definition) is 1. The van der Waals surface area contributed by atoms with Crippen LogP contribution in [-0.2, 0) is 12.7 Å². The Morgan fingerprint density at radius 2 is 1.72 bits per heavy atom. The first-order chi connectivity index (χ1) is 8.38. The Kier molecular flexibility index (Phi) is 3.66. The summed E-state index contributed by atoms with van der Waals surface area (Å²) in [7, 11) is 0. The molecule has 1 aromatic rings. The molecule has 0 unspecified atom stereocenters. The van der Waals surface area contributed by atoms with Gasteiger partial charge in [0.05, 0.1) is 5.56 Å². The van der Waals surface area contributed by atoms with E-state index < -0.39 is 11.7 Å². The Morgan fingerprint density at radius 1 is 1.11 bits per heavy atom. The van der Waals surface area contributed by atoms with E-state index in [9.17, 15) is 13.2 Å². The van der Waals surface area contributed by atoms with E-state index in [1.54, 1.807) is 13.8 Å². The summed E-state index contributed by atoms with van der Waals surface area (Å²) in [5.41, 5.74) is 1.38. The number of likely N-dealkylation sites (tertiary alicyclic amines) is 1. The van der Waals surface area contributed by atoms with Crippen LogP contribution in [0.5, 0.6) is 0 Å². The molecule has 0 spiro atoms. The fourth-order valence-electron chi connectivity index (χ4n) is 2.57. The molecule has 0 aromatic heterocycles. The van der Waals surface area contributed by atoms with Gasteiger partial charge in [-0.3, -0.25) is 4.90 Å². The first-order valence-electron chi connectivity index (χ1n) is 6.27. The standard InChI is InChI=1S/C14H18F3N/c1-10-7-12(9-18-5-3-4-6-18)11(2)13(8-10)14(15,16)17/h7-8H,3-6,9H2,1-2H3. The van der Waals surface area contributed by atoms with E-state index in [4.69, 9.17) is 0 Å². The molecule has 1 aliphatic rings. The van der Waals surface area contributed by atoms with Gasteiger partial charge in [-0.2, -0.15) is 13.2 Å². The van der Waals surface area contributed by atoms with E-state index in [0.717, 1.165) is 31.5 Å². The van der Waals surface area contributed by atoms with Crippen molar-refractivity contribution in [3.05, 3.63) is 34.4 Å². The van der Waals surface area contributed by atoms with Crippen molar-refractivity contribution in [2.75, 3.05) is 13.1 Å². The smallest absolute Gasteiger partial charge is 0.299 e. The molecule has 1 heterocycles. The van der Waals surface area contributed by atoms with E-state index >= 15 is 0 Å². The van der Waals surface area contributed by atoms with Crippen molar-refractivity contribution in [3.8, 4) is 0 Å². The van der Waals surface area contributed by atoms with Crippen molar-refractivity contribution in [1.82, 2.24) is 4.90 Å². The van der Waals surface area contributed by atoms with Crippen molar-refractivity contribution in [2.45, 2.75) is 39.4 Å². The van der Waals surface area contributed by atoms with Crippen molar-refractivity contribution in [2.24, 2.45) is 0 Å². The van der Waals surface area contributed by atoms with Gasteiger partial charge in [0.1, 0.15) is 0 Å². The molecule has 4 heteroatoms. The molecule has 1 aromatic carbocycles. The number of nitrogens with zero attached hydrogens (tertiary/aromatic N) is 1. The Labute approximate surface area is 106 Å². The quantitative estimate of drug-likeness (QED) is 0.776. The Morgan fingerprint density at radius 3 is 2.28 bits per heavy atom. The van der Waals surface area contributed by atoms with Crippen LogP contribution in [0, 0.1) is 13.8 Å². The summed E-state index contributed by atoms with van der Waals surface area (Å²) in [4.78, 5) is 2.22. The highest BCUT2D eigenvalue weighted by atomic mass is 19.4. The molecule has 0 N–H and O–H groups in total. The fourth-order valence-corrected chi connectivity index (χ4v) is 2.57. The second-order valence-electron chi connectivity index (χ2n) is 5.08. The van der Waals surface area contributed by atoms with Gasteiger partial charge in [0, 0.05) is 6.54 Å². The normalized spacial score (nSPS) is 17.4. The lowest BCUT2D eigenvalue weighted by molar-refractivity contribution is -0.138. The topological polar surface area (TPSA) is 3.24 Å². The Hall–Kier alpha value is -1.03. The number of rotatable bonds is 2. The third-order valence-corrected chi connectivity index (χ3v) is 3.56. The molecule has 0 atom stereocenters. The summed E-state index contributed by atoms with van der Waals surface area (Å²) in [6, 6.07) is 3.12. The predicted octanol–water partition coefficient (Wildman–Crippen LogP) is 3.92. The monoisotopic (exact) mass is 257 g/mol. The third kappa shape index (κ3) is 2.86. The molecule has 2 rings (SSSR count). The van der Waals surface area contributed by atoms with Gasteiger partial charge in [0.25, 0.3) is 0 Å². The fraction of sp³-hybridized carbons (Fsp3) is 0.571. The molecule has 1 nitrogen and oxygen atoms in total. The summed E-state index contributed by atoms with van der Waals surface area (Å²) in [5.74, 6) is 0. The SMILES string of the molecule is Cc1cc(CN2CCCC2)c(C)c(C(F)(F)F)c1. The summed E-state index contributed by atoms with van der Waals surface area (Å²) in [5, 5.41) is 0.